The number of phosphoric ester groups is 1. The van der Waals surface area contributed by atoms with Gasteiger partial charge in [-0.05, 0) is 97.9 Å². The van der Waals surface area contributed by atoms with Crippen LogP contribution in [0.1, 0.15) is 93.1 Å². The highest BCUT2D eigenvalue weighted by atomic mass is 32.2. The number of phosphoric acid groups is 2. The molecule has 0 saturated carbocycles. The summed E-state index contributed by atoms with van der Waals surface area (Å²) in [6.07, 6.45) is 4.53. The van der Waals surface area contributed by atoms with E-state index in [9.17, 15) is 51.0 Å². The number of carbonyl (C=O) groups excluding carboxylic acids is 3. The number of nitrogens with one attached hydrogen (secondary N) is 4. The van der Waals surface area contributed by atoms with Crippen LogP contribution in [0, 0.1) is 11.8 Å². The molecule has 0 spiro atoms. The number of unbranched alkanes of at least 4 members (excludes halogenated alkanes) is 2. The number of rotatable bonds is 34. The molecule has 3 amide bonds. The molecular weight excluding hydrogens is 1350 g/mol. The molecule has 3 aliphatic rings. The van der Waals surface area contributed by atoms with Crippen LogP contribution in [0.5, 0.6) is 5.75 Å². The van der Waals surface area contributed by atoms with E-state index in [0.29, 0.717) is 25.8 Å². The Kier molecular flexibility index (Phi) is 26.1. The lowest BCUT2D eigenvalue weighted by molar-refractivity contribution is -0.438. The molecule has 5 unspecified atom stereocenters. The molecule has 0 aliphatic carbocycles. The Morgan fingerprint density at radius 1 is 0.899 bits per heavy atom. The van der Waals surface area contributed by atoms with E-state index in [2.05, 4.69) is 121 Å². The highest BCUT2D eigenvalue weighted by Crippen LogP contribution is 2.58. The van der Waals surface area contributed by atoms with Crippen LogP contribution < -0.4 is 36.8 Å². The predicted molar refractivity (Wildman–Crippen MR) is 357 cm³/mol. The van der Waals surface area contributed by atoms with Crippen molar-refractivity contribution in [1.29, 1.82) is 0 Å². The maximum absolute atomic E-state index is 13.1. The number of anilines is 2. The van der Waals surface area contributed by atoms with Crippen molar-refractivity contribution < 1.29 is 88.3 Å². The largest absolute Gasteiger partial charge is 0.491 e. The van der Waals surface area contributed by atoms with Crippen LogP contribution in [-0.4, -0.2) is 150 Å². The van der Waals surface area contributed by atoms with Crippen LogP contribution in [0.3, 0.4) is 0 Å². The zero-order chi connectivity index (χ0) is 71.5. The van der Waals surface area contributed by atoms with Crippen molar-refractivity contribution in [2.75, 3.05) is 70.8 Å². The second-order valence-corrected chi connectivity index (χ2v) is 27.7. The molecule has 0 radical (unpaired) electrons. The number of allylic oxidation sites excluding steroid dienone is 4. The van der Waals surface area contributed by atoms with E-state index in [-0.39, 0.29) is 85.4 Å². The van der Waals surface area contributed by atoms with E-state index in [1.54, 1.807) is 24.3 Å². The normalized spacial score (nSPS) is 18.1. The lowest BCUT2D eigenvalue weighted by Crippen LogP contribution is -2.34. The molecule has 8 rings (SSSR count). The van der Waals surface area contributed by atoms with Gasteiger partial charge in [0.15, 0.2) is 11.9 Å². The van der Waals surface area contributed by atoms with Crippen LogP contribution in [0.2, 0.25) is 0 Å². The molecule has 526 valence electrons. The third-order valence-corrected chi connectivity index (χ3v) is 18.9. The van der Waals surface area contributed by atoms with Crippen molar-refractivity contribution in [3.8, 4) is 17.6 Å². The molecule has 33 nitrogen and oxygen atoms in total. The minimum Gasteiger partial charge on any atom is -0.491 e. The maximum Gasteiger partial charge on any atom is 0.481 e. The average Bonchev–Trinajstić information content (AvgIpc) is 1.59. The first-order chi connectivity index (χ1) is 47.1. The molecule has 1 aromatic heterocycles. The number of nitrogens with zero attached hydrogens (tertiary/aromatic N) is 9. The molecule has 4 aromatic carbocycles. The van der Waals surface area contributed by atoms with Gasteiger partial charge in [0.25, 0.3) is 21.6 Å². The molecule has 5 atom stereocenters. The molecule has 8 N–H and O–H groups in total. The predicted octanol–water partition coefficient (Wildman–Crippen LogP) is 7.22. The summed E-state index contributed by atoms with van der Waals surface area (Å²) in [7, 11) is -15.3. The van der Waals surface area contributed by atoms with Gasteiger partial charge < -0.3 is 59.2 Å². The van der Waals surface area contributed by atoms with Crippen molar-refractivity contribution in [2.24, 2.45) is 10.2 Å². The van der Waals surface area contributed by atoms with Gasteiger partial charge in [-0.2, -0.15) is 17.3 Å². The number of carbonyl (C=O) groups is 3. The number of aromatic nitrogens is 2. The van der Waals surface area contributed by atoms with E-state index >= 15 is 0 Å². The number of amides is 3. The van der Waals surface area contributed by atoms with E-state index in [4.69, 9.17) is 44.5 Å². The Morgan fingerprint density at radius 2 is 1.66 bits per heavy atom. The summed E-state index contributed by atoms with van der Waals surface area (Å²) in [4.78, 5) is 101. The van der Waals surface area contributed by atoms with Crippen molar-refractivity contribution in [3.63, 3.8) is 0 Å². The SMILES string of the molecule is CC1(C)C(=CC=CC2=[N+](CCCCCC(=O)NCCNC(=O)c3cccc(OCC(N=[N+]=[N-])OCCOCC(=O)NCC#Cc4cn(C5CC(OCN=[N+]=[N-])C(COP(=O)(O)OP(=O)(O)O)O5)c(=O)[nH]c4=O)c3)c3ccc(S(=O)(=O)O)cc3C2(C)C)N(c2ccccc2)c2ccccc21. The van der Waals surface area contributed by atoms with Gasteiger partial charge in [-0.15, -0.1) is 0 Å². The van der Waals surface area contributed by atoms with Gasteiger partial charge >= 0.3 is 21.3 Å². The molecule has 1 fully saturated rings. The lowest BCUT2D eigenvalue weighted by Gasteiger charge is -2.27. The van der Waals surface area contributed by atoms with Gasteiger partial charge in [0, 0.05) is 94.1 Å². The van der Waals surface area contributed by atoms with Crippen LogP contribution in [0.15, 0.2) is 152 Å². The summed E-state index contributed by atoms with van der Waals surface area (Å²) in [5.74, 6) is 4.07. The van der Waals surface area contributed by atoms with Gasteiger partial charge in [0.2, 0.25) is 17.5 Å². The molecule has 36 heteroatoms. The van der Waals surface area contributed by atoms with Gasteiger partial charge in [0.1, 0.15) is 50.1 Å². The van der Waals surface area contributed by atoms with E-state index in [1.807, 2.05) is 50.3 Å². The number of para-hydroxylation sites is 2. The minimum absolute atomic E-state index is 0.125. The zero-order valence-corrected chi connectivity index (χ0v) is 56.7. The van der Waals surface area contributed by atoms with E-state index < -0.39 is 98.9 Å². The number of benzene rings is 4. The third kappa shape index (κ3) is 20.7. The fraction of sp³-hybridized carbons (Fsp3) is 0.397. The second kappa shape index (κ2) is 34.1. The van der Waals surface area contributed by atoms with Crippen molar-refractivity contribution in [1.82, 2.24) is 25.5 Å². The molecule has 0 bridgehead atoms. The molecule has 5 aromatic rings. The lowest BCUT2D eigenvalue weighted by atomic mass is 9.81. The highest BCUT2D eigenvalue weighted by Gasteiger charge is 2.46. The zero-order valence-electron chi connectivity index (χ0n) is 54.1. The first kappa shape index (κ1) is 75.7. The fourth-order valence-corrected chi connectivity index (χ4v) is 13.3. The standard InChI is InChI=1S/C63H73N13O20P2S/c1-62(2)47-21-10-11-22-50(47)76(44-18-7-5-8-19-44)54(62)24-14-23-53-63(3,4)48-35-46(99(87,88)89)26-27-49(48)74(53)31-12-6-9-25-55(77)67-29-30-68-59(79)42-16-13-20-45(34-42)92-40-57(71-73-65)91-33-32-90-39-56(78)66-28-15-17-43-37-75(61(81)70-60(43)80)58-36-51(93-41-69-72-64)52(95-58)38-94-98(85,86)96-97(82,83)84/h5,7-8,10-11,13-14,16,18-24,26-27,34-35,37,51-52,57-58H,6,9,12,25,28-33,36,38-41H2,1-4H3,(H7-,66,67,68,70,77,78,79,80,81,82,83,84,85,86,87,88,89)/p+1. The smallest absolute Gasteiger partial charge is 0.481 e. The number of hydrogen-bond acceptors (Lipinski definition) is 19. The van der Waals surface area contributed by atoms with E-state index in [1.165, 1.54) is 23.8 Å². The summed E-state index contributed by atoms with van der Waals surface area (Å²) in [6, 6.07) is 29.4. The Morgan fingerprint density at radius 3 is 2.40 bits per heavy atom. The topological polar surface area (TPSA) is 460 Å². The number of hydrogen-bond donors (Lipinski definition) is 8. The molecule has 99 heavy (non-hydrogen) atoms. The molecular formula is C63H74N13O20P2S+. The second-order valence-electron chi connectivity index (χ2n) is 23.4. The number of ether oxygens (including phenoxy) is 5. The fourth-order valence-electron chi connectivity index (χ4n) is 11.2. The number of azide groups is 2. The molecule has 4 heterocycles. The summed E-state index contributed by atoms with van der Waals surface area (Å²) >= 11 is 0. The number of aromatic amines is 1. The van der Waals surface area contributed by atoms with Crippen molar-refractivity contribution in [2.45, 2.75) is 100 Å². The average molecular weight is 1430 g/mol. The van der Waals surface area contributed by atoms with Gasteiger partial charge in [-0.1, -0.05) is 84.5 Å². The van der Waals surface area contributed by atoms with Crippen LogP contribution in [0.4, 0.5) is 17.1 Å². The Balaban J connectivity index is 0.737. The Labute approximate surface area is 567 Å². The molecule has 3 aliphatic heterocycles. The first-order valence-corrected chi connectivity index (χ1v) is 35.3. The first-order valence-electron chi connectivity index (χ1n) is 30.8. The summed E-state index contributed by atoms with van der Waals surface area (Å²) in [5.41, 5.74) is 21.9. The monoisotopic (exact) mass is 1430 g/mol. The molecule has 1 saturated heterocycles. The third-order valence-electron chi connectivity index (χ3n) is 15.9. The number of fused-ring (bicyclic) bond motifs is 2. The maximum atomic E-state index is 13.1. The summed E-state index contributed by atoms with van der Waals surface area (Å²) < 4.78 is 97.0. The van der Waals surface area contributed by atoms with Crippen LogP contribution >= 0.6 is 15.6 Å². The van der Waals surface area contributed by atoms with Gasteiger partial charge in [0.05, 0.1) is 42.8 Å². The van der Waals surface area contributed by atoms with Gasteiger partial charge in [-0.25, -0.2) is 13.9 Å². The summed E-state index contributed by atoms with van der Waals surface area (Å²) in [5, 5.41) is 14.9. The van der Waals surface area contributed by atoms with Crippen LogP contribution in [-0.2, 0) is 67.4 Å². The highest BCUT2D eigenvalue weighted by molar-refractivity contribution is 7.85. The number of H-pyrrole nitrogens is 1. The quantitative estimate of drug-likeness (QED) is 0.00294. The van der Waals surface area contributed by atoms with Gasteiger partial charge in [-0.3, -0.25) is 37.8 Å². The van der Waals surface area contributed by atoms with E-state index in [0.717, 1.165) is 44.8 Å². The van der Waals surface area contributed by atoms with Crippen LogP contribution in [0.25, 0.3) is 20.9 Å². The van der Waals surface area contributed by atoms with Crippen molar-refractivity contribution in [3.05, 3.63) is 191 Å². The minimum atomic E-state index is -5.46. The Bertz CT molecular complexity index is 4400. The Hall–Kier alpha value is -9.09. The summed E-state index contributed by atoms with van der Waals surface area (Å²) in [6.45, 7) is 6.62. The van der Waals surface area contributed by atoms with Crippen molar-refractivity contribution >= 4 is 66.3 Å².